The summed E-state index contributed by atoms with van der Waals surface area (Å²) >= 11 is 0. The molecule has 2 aromatic rings. The van der Waals surface area contributed by atoms with E-state index in [4.69, 9.17) is 0 Å². The summed E-state index contributed by atoms with van der Waals surface area (Å²) in [7, 11) is 0. The summed E-state index contributed by atoms with van der Waals surface area (Å²) in [6.07, 6.45) is 11.0. The van der Waals surface area contributed by atoms with Crippen molar-refractivity contribution in [2.24, 2.45) is 0 Å². The fourth-order valence-electron chi connectivity index (χ4n) is 3.35. The van der Waals surface area contributed by atoms with Gasteiger partial charge in [0.25, 0.3) is 5.91 Å². The fraction of sp³-hybridized carbons (Fsp3) is 0.500. The van der Waals surface area contributed by atoms with Crippen molar-refractivity contribution in [3.8, 4) is 0 Å². The molecule has 7 nitrogen and oxygen atoms in total. The maximum absolute atomic E-state index is 12.4. The first-order valence-electron chi connectivity index (χ1n) is 8.15. The number of aromatic amines is 1. The molecule has 0 spiro atoms. The van der Waals surface area contributed by atoms with Crippen molar-refractivity contribution >= 4 is 11.7 Å². The molecule has 1 aliphatic carbocycles. The molecule has 1 amide bonds. The van der Waals surface area contributed by atoms with Crippen LogP contribution in [0.5, 0.6) is 0 Å². The van der Waals surface area contributed by atoms with Crippen LogP contribution >= 0.6 is 0 Å². The summed E-state index contributed by atoms with van der Waals surface area (Å²) in [5, 5.41) is 0. The smallest absolute Gasteiger partial charge is 0.271 e. The number of amides is 1. The Balaban J connectivity index is 1.43. The highest BCUT2D eigenvalue weighted by Gasteiger charge is 2.37. The Morgan fingerprint density at radius 3 is 2.57 bits per heavy atom. The van der Waals surface area contributed by atoms with Gasteiger partial charge < -0.3 is 14.8 Å². The number of carbonyl (C=O) groups excluding carboxylic acids is 1. The zero-order chi connectivity index (χ0) is 15.6. The van der Waals surface area contributed by atoms with Crippen LogP contribution in [0.25, 0.3) is 0 Å². The minimum Gasteiger partial charge on any atom is -0.350 e. The molecule has 0 atom stereocenters. The van der Waals surface area contributed by atoms with E-state index in [9.17, 15) is 4.79 Å². The highest BCUT2D eigenvalue weighted by Crippen LogP contribution is 2.35. The largest absolute Gasteiger partial charge is 0.350 e. The Morgan fingerprint density at radius 1 is 1.17 bits per heavy atom. The zero-order valence-corrected chi connectivity index (χ0v) is 12.9. The van der Waals surface area contributed by atoms with E-state index in [0.29, 0.717) is 17.8 Å². The van der Waals surface area contributed by atoms with E-state index in [-0.39, 0.29) is 5.91 Å². The van der Waals surface area contributed by atoms with Crippen molar-refractivity contribution in [3.63, 3.8) is 0 Å². The summed E-state index contributed by atoms with van der Waals surface area (Å²) in [5.41, 5.74) is 0.568. The van der Waals surface area contributed by atoms with Crippen molar-refractivity contribution in [3.05, 3.63) is 36.8 Å². The van der Waals surface area contributed by atoms with Gasteiger partial charge in [0.05, 0.1) is 12.5 Å². The number of imidazole rings is 1. The Hall–Kier alpha value is -2.44. The van der Waals surface area contributed by atoms with Gasteiger partial charge in [-0.05, 0) is 31.7 Å². The lowest BCUT2D eigenvalue weighted by molar-refractivity contribution is 0.0706. The average Bonchev–Trinajstić information content (AvgIpc) is 3.28. The van der Waals surface area contributed by atoms with E-state index in [0.717, 1.165) is 31.7 Å². The average molecular weight is 312 g/mol. The molecule has 7 heteroatoms. The normalized spacial score (nSPS) is 18.9. The van der Waals surface area contributed by atoms with Crippen molar-refractivity contribution in [2.45, 2.75) is 37.8 Å². The number of carbonyl (C=O) groups is 1. The van der Waals surface area contributed by atoms with Gasteiger partial charge >= 0.3 is 0 Å². The predicted molar refractivity (Wildman–Crippen MR) is 85.0 cm³/mol. The highest BCUT2D eigenvalue weighted by molar-refractivity contribution is 5.92. The third-order valence-electron chi connectivity index (χ3n) is 4.64. The van der Waals surface area contributed by atoms with Gasteiger partial charge in [-0.1, -0.05) is 0 Å². The number of likely N-dealkylation sites (tertiary alicyclic amines) is 1. The molecule has 3 heterocycles. The summed E-state index contributed by atoms with van der Waals surface area (Å²) in [6.45, 7) is 1.55. The lowest BCUT2D eigenvalue weighted by Gasteiger charge is -2.39. The van der Waals surface area contributed by atoms with Crippen LogP contribution in [0, 0.1) is 0 Å². The molecule has 1 saturated carbocycles. The number of aromatic nitrogens is 4. The van der Waals surface area contributed by atoms with Crippen molar-refractivity contribution in [1.29, 1.82) is 0 Å². The number of rotatable bonds is 4. The van der Waals surface area contributed by atoms with E-state index < -0.39 is 0 Å². The molecule has 4 rings (SSSR count). The number of piperidine rings is 1. The maximum Gasteiger partial charge on any atom is 0.271 e. The molecule has 2 aromatic heterocycles. The number of H-pyrrole nitrogens is 1. The van der Waals surface area contributed by atoms with Crippen molar-refractivity contribution < 1.29 is 4.79 Å². The van der Waals surface area contributed by atoms with Gasteiger partial charge in [-0.15, -0.1) is 0 Å². The number of hydrogen-bond acceptors (Lipinski definition) is 5. The molecule has 120 valence electrons. The summed E-state index contributed by atoms with van der Waals surface area (Å²) in [4.78, 5) is 32.0. The van der Waals surface area contributed by atoms with E-state index in [1.165, 1.54) is 12.8 Å². The number of anilines is 1. The SMILES string of the molecule is O=C(c1cnc[nH]1)N1CCC(N(c2ccncn2)C2CC2)CC1. The molecule has 0 radical (unpaired) electrons. The second-order valence-electron chi connectivity index (χ2n) is 6.19. The fourth-order valence-corrected chi connectivity index (χ4v) is 3.35. The van der Waals surface area contributed by atoms with Crippen molar-refractivity contribution in [2.75, 3.05) is 18.0 Å². The molecule has 23 heavy (non-hydrogen) atoms. The maximum atomic E-state index is 12.4. The first-order valence-corrected chi connectivity index (χ1v) is 8.15. The molecule has 1 N–H and O–H groups in total. The minimum absolute atomic E-state index is 0.0426. The zero-order valence-electron chi connectivity index (χ0n) is 12.9. The van der Waals surface area contributed by atoms with Gasteiger partial charge in [0.1, 0.15) is 17.8 Å². The summed E-state index contributed by atoms with van der Waals surface area (Å²) in [6, 6.07) is 3.04. The molecule has 2 fully saturated rings. The van der Waals surface area contributed by atoms with Crippen LogP contribution in [0.15, 0.2) is 31.1 Å². The van der Waals surface area contributed by atoms with Gasteiger partial charge in [-0.2, -0.15) is 0 Å². The quantitative estimate of drug-likeness (QED) is 0.925. The van der Waals surface area contributed by atoms with Crippen LogP contribution in [-0.2, 0) is 0 Å². The summed E-state index contributed by atoms with van der Waals surface area (Å²) in [5.74, 6) is 1.06. The van der Waals surface area contributed by atoms with E-state index in [1.54, 1.807) is 25.0 Å². The summed E-state index contributed by atoms with van der Waals surface area (Å²) < 4.78 is 0. The lowest BCUT2D eigenvalue weighted by Crippen LogP contribution is -2.48. The van der Waals surface area contributed by atoms with Crippen LogP contribution in [0.1, 0.15) is 36.2 Å². The van der Waals surface area contributed by atoms with Gasteiger partial charge in [0, 0.05) is 31.4 Å². The van der Waals surface area contributed by atoms with Gasteiger partial charge in [-0.3, -0.25) is 4.79 Å². The molecular weight excluding hydrogens is 292 g/mol. The second-order valence-corrected chi connectivity index (χ2v) is 6.19. The third kappa shape index (κ3) is 2.91. The first kappa shape index (κ1) is 14.2. The monoisotopic (exact) mass is 312 g/mol. The predicted octanol–water partition coefficient (Wildman–Crippen LogP) is 1.47. The molecule has 1 aliphatic heterocycles. The minimum atomic E-state index is 0.0426. The van der Waals surface area contributed by atoms with Crippen LogP contribution < -0.4 is 4.90 Å². The molecule has 1 saturated heterocycles. The Kier molecular flexibility index (Phi) is 3.69. The van der Waals surface area contributed by atoms with Crippen LogP contribution in [-0.4, -0.2) is 55.9 Å². The van der Waals surface area contributed by atoms with E-state index in [1.807, 2.05) is 11.0 Å². The van der Waals surface area contributed by atoms with Crippen LogP contribution in [0.4, 0.5) is 5.82 Å². The molecule has 0 aromatic carbocycles. The molecule has 2 aliphatic rings. The number of nitrogens with zero attached hydrogens (tertiary/aromatic N) is 5. The molecule has 0 unspecified atom stereocenters. The van der Waals surface area contributed by atoms with Gasteiger partial charge in [-0.25, -0.2) is 15.0 Å². The standard InChI is InChI=1S/C16H20N6O/c23-16(14-9-18-11-19-14)21-7-4-13(5-8-21)22(12-1-2-12)15-3-6-17-10-20-15/h3,6,9-13H,1-2,4-5,7-8H2,(H,18,19). The van der Waals surface area contributed by atoms with Crippen LogP contribution in [0.2, 0.25) is 0 Å². The third-order valence-corrected chi connectivity index (χ3v) is 4.64. The van der Waals surface area contributed by atoms with Gasteiger partial charge in [0.2, 0.25) is 0 Å². The van der Waals surface area contributed by atoms with Crippen molar-refractivity contribution in [1.82, 2.24) is 24.8 Å². The Labute approximate surface area is 134 Å². The molecule has 0 bridgehead atoms. The lowest BCUT2D eigenvalue weighted by atomic mass is 10.0. The van der Waals surface area contributed by atoms with E-state index in [2.05, 4.69) is 24.8 Å². The van der Waals surface area contributed by atoms with Crippen LogP contribution in [0.3, 0.4) is 0 Å². The number of hydrogen-bond donors (Lipinski definition) is 1. The topological polar surface area (TPSA) is 78.0 Å². The Bertz CT molecular complexity index is 646. The van der Waals surface area contributed by atoms with Gasteiger partial charge in [0.15, 0.2) is 0 Å². The first-order chi connectivity index (χ1) is 11.3. The molecular formula is C16H20N6O. The number of nitrogens with one attached hydrogen (secondary N) is 1. The van der Waals surface area contributed by atoms with E-state index >= 15 is 0 Å². The Morgan fingerprint density at radius 2 is 1.96 bits per heavy atom. The highest BCUT2D eigenvalue weighted by atomic mass is 16.2. The second kappa shape index (κ2) is 5.98.